The van der Waals surface area contributed by atoms with Gasteiger partial charge in [0.05, 0.1) is 4.47 Å². The van der Waals surface area contributed by atoms with Gasteiger partial charge in [-0.25, -0.2) is 4.98 Å². The molecule has 0 spiro atoms. The van der Waals surface area contributed by atoms with Gasteiger partial charge in [0.15, 0.2) is 0 Å². The first-order valence-electron chi connectivity index (χ1n) is 6.00. The number of nitrogens with zero attached hydrogens (tertiary/aromatic N) is 2. The summed E-state index contributed by atoms with van der Waals surface area (Å²) in [5.41, 5.74) is 0.539. The lowest BCUT2D eigenvalue weighted by Crippen LogP contribution is -2.39. The molecule has 2 rings (SSSR count). The number of piperidine rings is 1. The molecule has 0 amide bonds. The lowest BCUT2D eigenvalue weighted by molar-refractivity contribution is 0.237. The van der Waals surface area contributed by atoms with Crippen LogP contribution in [0.25, 0.3) is 0 Å². The van der Waals surface area contributed by atoms with Gasteiger partial charge in [-0.2, -0.15) is 0 Å². The number of rotatable bonds is 2. The smallest absolute Gasteiger partial charge is 0.142 e. The van der Waals surface area contributed by atoms with Crippen LogP contribution in [0, 0.1) is 5.41 Å². The van der Waals surface area contributed by atoms with Gasteiger partial charge >= 0.3 is 0 Å². The molecule has 0 unspecified atom stereocenters. The highest BCUT2D eigenvalue weighted by Gasteiger charge is 2.29. The van der Waals surface area contributed by atoms with E-state index in [0.29, 0.717) is 5.41 Å². The minimum atomic E-state index is 0.539. The Bertz CT molecular complexity index is 357. The monoisotopic (exact) mass is 282 g/mol. The lowest BCUT2D eigenvalue weighted by atomic mass is 9.78. The van der Waals surface area contributed by atoms with Crippen molar-refractivity contribution >= 4 is 21.7 Å². The molecule has 88 valence electrons. The molecule has 1 fully saturated rings. The third-order valence-corrected chi connectivity index (χ3v) is 4.48. The summed E-state index contributed by atoms with van der Waals surface area (Å²) in [6, 6.07) is 4.03. The predicted octanol–water partition coefficient (Wildman–Crippen LogP) is 3.86. The summed E-state index contributed by atoms with van der Waals surface area (Å²) in [5.74, 6) is 1.10. The zero-order valence-electron chi connectivity index (χ0n) is 10.0. The average molecular weight is 283 g/mol. The van der Waals surface area contributed by atoms with Gasteiger partial charge in [-0.05, 0) is 46.3 Å². The van der Waals surface area contributed by atoms with Crippen LogP contribution >= 0.6 is 15.9 Å². The van der Waals surface area contributed by atoms with Gasteiger partial charge in [0.25, 0.3) is 0 Å². The van der Waals surface area contributed by atoms with Crippen LogP contribution in [0.15, 0.2) is 22.8 Å². The second-order valence-corrected chi connectivity index (χ2v) is 5.81. The molecule has 1 aromatic rings. The van der Waals surface area contributed by atoms with E-state index in [0.717, 1.165) is 23.4 Å². The third-order valence-electron chi connectivity index (χ3n) is 3.86. The Balaban J connectivity index is 2.07. The van der Waals surface area contributed by atoms with Crippen molar-refractivity contribution in [3.05, 3.63) is 22.8 Å². The molecule has 0 saturated carbocycles. The van der Waals surface area contributed by atoms with Crippen LogP contribution in [-0.4, -0.2) is 18.1 Å². The molecular formula is C13H19BrN2. The van der Waals surface area contributed by atoms with Crippen molar-refractivity contribution < 1.29 is 0 Å². The average Bonchev–Trinajstić information content (AvgIpc) is 2.31. The summed E-state index contributed by atoms with van der Waals surface area (Å²) in [4.78, 5) is 6.84. The van der Waals surface area contributed by atoms with Crippen molar-refractivity contribution in [2.75, 3.05) is 18.0 Å². The van der Waals surface area contributed by atoms with Gasteiger partial charge in [0.1, 0.15) is 5.82 Å². The van der Waals surface area contributed by atoms with Crippen molar-refractivity contribution in [3.8, 4) is 0 Å². The minimum Gasteiger partial charge on any atom is -0.356 e. The van der Waals surface area contributed by atoms with Gasteiger partial charge in [-0.3, -0.25) is 0 Å². The van der Waals surface area contributed by atoms with E-state index < -0.39 is 0 Å². The maximum absolute atomic E-state index is 4.45. The van der Waals surface area contributed by atoms with Gasteiger partial charge in [-0.1, -0.05) is 20.3 Å². The fourth-order valence-electron chi connectivity index (χ4n) is 2.22. The summed E-state index contributed by atoms with van der Waals surface area (Å²) in [7, 11) is 0. The Labute approximate surface area is 106 Å². The second-order valence-electron chi connectivity index (χ2n) is 4.96. The Morgan fingerprint density at radius 2 is 2.12 bits per heavy atom. The Morgan fingerprint density at radius 3 is 2.69 bits per heavy atom. The number of anilines is 1. The largest absolute Gasteiger partial charge is 0.356 e. The zero-order chi connectivity index (χ0) is 11.6. The highest BCUT2D eigenvalue weighted by molar-refractivity contribution is 9.10. The molecule has 1 saturated heterocycles. The minimum absolute atomic E-state index is 0.539. The molecule has 0 aromatic carbocycles. The molecule has 0 radical (unpaired) electrons. The predicted molar refractivity (Wildman–Crippen MR) is 71.8 cm³/mol. The first-order chi connectivity index (χ1) is 7.64. The number of hydrogen-bond acceptors (Lipinski definition) is 2. The first-order valence-corrected chi connectivity index (χ1v) is 6.79. The van der Waals surface area contributed by atoms with Gasteiger partial charge in [0, 0.05) is 19.3 Å². The van der Waals surface area contributed by atoms with E-state index in [1.807, 2.05) is 12.3 Å². The van der Waals surface area contributed by atoms with Crippen LogP contribution < -0.4 is 4.90 Å². The second kappa shape index (κ2) is 4.74. The van der Waals surface area contributed by atoms with E-state index in [1.165, 1.54) is 19.3 Å². The van der Waals surface area contributed by atoms with E-state index in [4.69, 9.17) is 0 Å². The van der Waals surface area contributed by atoms with Crippen LogP contribution in [0.3, 0.4) is 0 Å². The van der Waals surface area contributed by atoms with Crippen LogP contribution in [0.2, 0.25) is 0 Å². The molecule has 0 bridgehead atoms. The Kier molecular flexibility index (Phi) is 3.53. The number of aromatic nitrogens is 1. The van der Waals surface area contributed by atoms with E-state index in [9.17, 15) is 0 Å². The van der Waals surface area contributed by atoms with Crippen LogP contribution in [0.4, 0.5) is 5.82 Å². The molecule has 16 heavy (non-hydrogen) atoms. The number of halogens is 1. The molecule has 0 aliphatic carbocycles. The van der Waals surface area contributed by atoms with Gasteiger partial charge < -0.3 is 4.90 Å². The van der Waals surface area contributed by atoms with Gasteiger partial charge in [0.2, 0.25) is 0 Å². The highest BCUT2D eigenvalue weighted by atomic mass is 79.9. The Hall–Kier alpha value is -0.570. The maximum Gasteiger partial charge on any atom is 0.142 e. The molecule has 0 atom stereocenters. The summed E-state index contributed by atoms with van der Waals surface area (Å²) in [6.07, 6.45) is 5.69. The fraction of sp³-hybridized carbons (Fsp3) is 0.615. The van der Waals surface area contributed by atoms with Crippen molar-refractivity contribution in [1.29, 1.82) is 0 Å². The topological polar surface area (TPSA) is 16.1 Å². The highest BCUT2D eigenvalue weighted by Crippen LogP contribution is 2.36. The van der Waals surface area contributed by atoms with Crippen LogP contribution in [0.1, 0.15) is 33.1 Å². The molecule has 2 nitrogen and oxygen atoms in total. The molecule has 1 aromatic heterocycles. The van der Waals surface area contributed by atoms with Crippen molar-refractivity contribution in [2.24, 2.45) is 5.41 Å². The zero-order valence-corrected chi connectivity index (χ0v) is 11.6. The molecule has 3 heteroatoms. The first kappa shape index (κ1) is 11.9. The van der Waals surface area contributed by atoms with E-state index >= 15 is 0 Å². The number of hydrogen-bond donors (Lipinski definition) is 0. The maximum atomic E-state index is 4.45. The quantitative estimate of drug-likeness (QED) is 0.819. The molecular weight excluding hydrogens is 264 g/mol. The SMILES string of the molecule is CCC1(C)CCN(c2ncccc2Br)CC1. The molecule has 1 aliphatic rings. The molecule has 0 N–H and O–H groups in total. The van der Waals surface area contributed by atoms with E-state index in [2.05, 4.69) is 45.7 Å². The molecule has 1 aliphatic heterocycles. The lowest BCUT2D eigenvalue weighted by Gasteiger charge is -2.39. The summed E-state index contributed by atoms with van der Waals surface area (Å²) >= 11 is 3.57. The number of pyridine rings is 1. The Morgan fingerprint density at radius 1 is 1.44 bits per heavy atom. The van der Waals surface area contributed by atoms with Crippen molar-refractivity contribution in [3.63, 3.8) is 0 Å². The fourth-order valence-corrected chi connectivity index (χ4v) is 2.73. The van der Waals surface area contributed by atoms with E-state index in [-0.39, 0.29) is 0 Å². The van der Waals surface area contributed by atoms with Crippen LogP contribution in [0.5, 0.6) is 0 Å². The van der Waals surface area contributed by atoms with Gasteiger partial charge in [-0.15, -0.1) is 0 Å². The third kappa shape index (κ3) is 2.40. The standard InChI is InChI=1S/C13H19BrN2/c1-3-13(2)6-9-16(10-7-13)12-11(14)5-4-8-15-12/h4-5,8H,3,6-7,9-10H2,1-2H3. The van der Waals surface area contributed by atoms with E-state index in [1.54, 1.807) is 0 Å². The van der Waals surface area contributed by atoms with Crippen LogP contribution in [-0.2, 0) is 0 Å². The normalized spacial score (nSPS) is 19.8. The van der Waals surface area contributed by atoms with Crippen molar-refractivity contribution in [2.45, 2.75) is 33.1 Å². The summed E-state index contributed by atoms with van der Waals surface area (Å²) in [6.45, 7) is 6.95. The molecule has 2 heterocycles. The van der Waals surface area contributed by atoms with Crippen molar-refractivity contribution in [1.82, 2.24) is 4.98 Å². The summed E-state index contributed by atoms with van der Waals surface area (Å²) < 4.78 is 1.11. The summed E-state index contributed by atoms with van der Waals surface area (Å²) in [5, 5.41) is 0.